The van der Waals surface area contributed by atoms with Crippen LogP contribution in [0, 0.1) is 18.3 Å². The first-order valence-corrected chi connectivity index (χ1v) is 6.27. The van der Waals surface area contributed by atoms with Gasteiger partial charge in [-0.15, -0.1) is 0 Å². The van der Waals surface area contributed by atoms with Crippen LogP contribution in [0.4, 0.5) is 5.69 Å². The minimum atomic E-state index is -0.717. The molecular formula is C14H12ClN3O3. The molecular weight excluding hydrogens is 294 g/mol. The molecule has 108 valence electrons. The van der Waals surface area contributed by atoms with Crippen molar-refractivity contribution in [3.8, 4) is 17.5 Å². The Morgan fingerprint density at radius 3 is 2.76 bits per heavy atom. The number of hydrogen-bond donors (Lipinski definition) is 2. The van der Waals surface area contributed by atoms with Gasteiger partial charge in [-0.05, 0) is 24.6 Å². The summed E-state index contributed by atoms with van der Waals surface area (Å²) >= 11 is 5.98. The third-order valence-corrected chi connectivity index (χ3v) is 3.27. The lowest BCUT2D eigenvalue weighted by Crippen LogP contribution is -2.11. The van der Waals surface area contributed by atoms with Gasteiger partial charge in [0.25, 0.3) is 0 Å². The highest BCUT2D eigenvalue weighted by molar-refractivity contribution is 6.30. The number of nitrogens with zero attached hydrogens (tertiary/aromatic N) is 2. The lowest BCUT2D eigenvalue weighted by molar-refractivity contribution is 0.0593. The highest BCUT2D eigenvalue weighted by atomic mass is 35.5. The zero-order valence-corrected chi connectivity index (χ0v) is 12.1. The molecule has 0 unspecified atom stereocenters. The number of aromatic nitrogens is 1. The summed E-state index contributed by atoms with van der Waals surface area (Å²) < 4.78 is 5.97. The van der Waals surface area contributed by atoms with Crippen molar-refractivity contribution < 1.29 is 14.6 Å². The van der Waals surface area contributed by atoms with Gasteiger partial charge in [0.2, 0.25) is 0 Å². The smallest absolute Gasteiger partial charge is 0.357 e. The number of ether oxygens (including phenoxy) is 1. The van der Waals surface area contributed by atoms with Crippen molar-refractivity contribution in [3.63, 3.8) is 0 Å². The van der Waals surface area contributed by atoms with Crippen molar-refractivity contribution in [2.75, 3.05) is 12.8 Å². The average Bonchev–Trinajstić information content (AvgIpc) is 2.78. The molecule has 0 saturated heterocycles. The first-order valence-electron chi connectivity index (χ1n) is 5.89. The maximum Gasteiger partial charge on any atom is 0.357 e. The summed E-state index contributed by atoms with van der Waals surface area (Å²) in [5, 5.41) is 19.6. The number of carbonyl (C=O) groups is 1. The highest BCUT2D eigenvalue weighted by Gasteiger charge is 2.23. The van der Waals surface area contributed by atoms with Crippen LogP contribution in [0.1, 0.15) is 21.6 Å². The molecule has 21 heavy (non-hydrogen) atoms. The topological polar surface area (TPSA) is 101 Å². The van der Waals surface area contributed by atoms with Gasteiger partial charge in [-0.25, -0.2) is 4.79 Å². The molecule has 6 nitrogen and oxygen atoms in total. The number of phenols is 1. The monoisotopic (exact) mass is 305 g/mol. The SMILES string of the molecule is COC(=O)c1c(N)c(C#N)cn1-c1cc(Cl)cc(C)c1O. The fourth-order valence-electron chi connectivity index (χ4n) is 2.01. The zero-order valence-electron chi connectivity index (χ0n) is 11.3. The molecule has 0 aliphatic heterocycles. The Kier molecular flexibility index (Phi) is 3.78. The number of carbonyl (C=O) groups excluding carboxylic acids is 1. The second kappa shape index (κ2) is 5.38. The first-order chi connectivity index (χ1) is 9.90. The van der Waals surface area contributed by atoms with E-state index in [1.165, 1.54) is 23.9 Å². The minimum Gasteiger partial charge on any atom is -0.505 e. The number of methoxy groups -OCH3 is 1. The number of benzene rings is 1. The van der Waals surface area contributed by atoms with Crippen LogP contribution in [-0.4, -0.2) is 22.8 Å². The van der Waals surface area contributed by atoms with Gasteiger partial charge in [-0.1, -0.05) is 11.6 Å². The summed E-state index contributed by atoms with van der Waals surface area (Å²) in [6.45, 7) is 1.67. The predicted molar refractivity (Wildman–Crippen MR) is 77.6 cm³/mol. The van der Waals surface area contributed by atoms with Crippen molar-refractivity contribution in [2.24, 2.45) is 0 Å². The van der Waals surface area contributed by atoms with Gasteiger partial charge < -0.3 is 20.1 Å². The van der Waals surface area contributed by atoms with Gasteiger partial charge in [-0.2, -0.15) is 5.26 Å². The van der Waals surface area contributed by atoms with Gasteiger partial charge in [-0.3, -0.25) is 0 Å². The quantitative estimate of drug-likeness (QED) is 0.829. The molecule has 0 aliphatic rings. The third-order valence-electron chi connectivity index (χ3n) is 3.05. The van der Waals surface area contributed by atoms with Crippen LogP contribution < -0.4 is 5.73 Å². The fraction of sp³-hybridized carbons (Fsp3) is 0.143. The van der Waals surface area contributed by atoms with E-state index in [-0.39, 0.29) is 28.4 Å². The van der Waals surface area contributed by atoms with Gasteiger partial charge in [0.05, 0.1) is 24.0 Å². The van der Waals surface area contributed by atoms with Gasteiger partial charge in [0.15, 0.2) is 5.69 Å². The Hall–Kier alpha value is -2.65. The molecule has 1 aromatic carbocycles. The third kappa shape index (κ3) is 2.39. The lowest BCUT2D eigenvalue weighted by Gasteiger charge is -2.12. The van der Waals surface area contributed by atoms with E-state index in [4.69, 9.17) is 22.6 Å². The summed E-state index contributed by atoms with van der Waals surface area (Å²) in [7, 11) is 1.20. The van der Waals surface area contributed by atoms with Crippen LogP contribution in [0.2, 0.25) is 5.02 Å². The Bertz CT molecular complexity index is 775. The number of rotatable bonds is 2. The van der Waals surface area contributed by atoms with Crippen LogP contribution in [0.3, 0.4) is 0 Å². The number of aromatic hydroxyl groups is 1. The van der Waals surface area contributed by atoms with Crippen molar-refractivity contribution in [3.05, 3.63) is 40.2 Å². The molecule has 0 fully saturated rings. The molecule has 2 rings (SSSR count). The standard InChI is InChI=1S/C14H12ClN3O3/c1-7-3-9(15)4-10(13(7)19)18-6-8(5-16)11(17)12(18)14(20)21-2/h3-4,6,19H,17H2,1-2H3. The first kappa shape index (κ1) is 14.8. The number of nitrogens with two attached hydrogens (primary N) is 1. The van der Waals surface area contributed by atoms with E-state index in [9.17, 15) is 9.90 Å². The number of nitriles is 1. The van der Waals surface area contributed by atoms with Crippen molar-refractivity contribution in [1.82, 2.24) is 4.57 Å². The normalized spacial score (nSPS) is 10.2. The van der Waals surface area contributed by atoms with Crippen molar-refractivity contribution in [1.29, 1.82) is 5.26 Å². The number of phenolic OH excluding ortho intramolecular Hbond substituents is 1. The number of nitrogen functional groups attached to an aromatic ring is 1. The molecule has 7 heteroatoms. The lowest BCUT2D eigenvalue weighted by atomic mass is 10.2. The number of anilines is 1. The Balaban J connectivity index is 2.82. The van der Waals surface area contributed by atoms with E-state index in [1.807, 2.05) is 6.07 Å². The molecule has 1 aromatic heterocycles. The summed E-state index contributed by atoms with van der Waals surface area (Å²) in [6, 6.07) is 4.93. The highest BCUT2D eigenvalue weighted by Crippen LogP contribution is 2.33. The van der Waals surface area contributed by atoms with Crippen LogP contribution in [0.15, 0.2) is 18.3 Å². The van der Waals surface area contributed by atoms with E-state index in [2.05, 4.69) is 4.74 Å². The molecule has 0 saturated carbocycles. The summed E-state index contributed by atoms with van der Waals surface area (Å²) in [6.07, 6.45) is 1.35. The number of halogens is 1. The fourth-order valence-corrected chi connectivity index (χ4v) is 2.27. The molecule has 0 radical (unpaired) electrons. The molecule has 1 heterocycles. The Labute approximate surface area is 125 Å². The van der Waals surface area contributed by atoms with Crippen LogP contribution in [0.25, 0.3) is 5.69 Å². The molecule has 0 atom stereocenters. The molecule has 0 spiro atoms. The van der Waals surface area contributed by atoms with Gasteiger partial charge in [0.1, 0.15) is 11.8 Å². The zero-order chi connectivity index (χ0) is 15.7. The number of hydrogen-bond acceptors (Lipinski definition) is 5. The van der Waals surface area contributed by atoms with Gasteiger partial charge >= 0.3 is 5.97 Å². The van der Waals surface area contributed by atoms with Crippen LogP contribution >= 0.6 is 11.6 Å². The second-order valence-electron chi connectivity index (χ2n) is 4.37. The number of esters is 1. The van der Waals surface area contributed by atoms with E-state index in [0.717, 1.165) is 0 Å². The maximum atomic E-state index is 11.9. The molecule has 2 aromatic rings. The van der Waals surface area contributed by atoms with Crippen molar-refractivity contribution >= 4 is 23.3 Å². The van der Waals surface area contributed by atoms with E-state index in [1.54, 1.807) is 13.0 Å². The molecule has 3 N–H and O–H groups in total. The maximum absolute atomic E-state index is 11.9. The summed E-state index contributed by atoms with van der Waals surface area (Å²) in [4.78, 5) is 11.9. The van der Waals surface area contributed by atoms with E-state index < -0.39 is 5.97 Å². The van der Waals surface area contributed by atoms with E-state index in [0.29, 0.717) is 10.6 Å². The largest absolute Gasteiger partial charge is 0.505 e. The van der Waals surface area contributed by atoms with Crippen molar-refractivity contribution in [2.45, 2.75) is 6.92 Å². The Morgan fingerprint density at radius 1 is 1.52 bits per heavy atom. The average molecular weight is 306 g/mol. The Morgan fingerprint density at radius 2 is 2.19 bits per heavy atom. The molecule has 0 aliphatic carbocycles. The minimum absolute atomic E-state index is 0.0126. The van der Waals surface area contributed by atoms with Gasteiger partial charge in [0, 0.05) is 11.2 Å². The van der Waals surface area contributed by atoms with Crippen LogP contribution in [-0.2, 0) is 4.74 Å². The summed E-state index contributed by atoms with van der Waals surface area (Å²) in [5.74, 6) is -0.782. The molecule has 0 bridgehead atoms. The van der Waals surface area contributed by atoms with E-state index >= 15 is 0 Å². The van der Waals surface area contributed by atoms with Crippen LogP contribution in [0.5, 0.6) is 5.75 Å². The summed E-state index contributed by atoms with van der Waals surface area (Å²) in [5.41, 5.74) is 6.62. The number of aryl methyl sites for hydroxylation is 1. The predicted octanol–water partition coefficient (Wildman–Crippen LogP) is 2.39. The second-order valence-corrected chi connectivity index (χ2v) is 4.81. The molecule has 0 amide bonds.